The van der Waals surface area contributed by atoms with Crippen molar-refractivity contribution in [1.29, 1.82) is 0 Å². The van der Waals surface area contributed by atoms with Crippen LogP contribution in [0.3, 0.4) is 0 Å². The van der Waals surface area contributed by atoms with Crippen molar-refractivity contribution in [2.45, 2.75) is 116 Å². The number of carbonyl (C=O) groups excluding carboxylic acids is 2. The third kappa shape index (κ3) is 7.71. The monoisotopic (exact) mass is 676 g/mol. The Hall–Kier alpha value is -3.73. The Kier molecular flexibility index (Phi) is 11.2. The average molecular weight is 677 g/mol. The smallest absolute Gasteiger partial charge is 0.311 e. The van der Waals surface area contributed by atoms with E-state index >= 15 is 0 Å². The summed E-state index contributed by atoms with van der Waals surface area (Å²) in [7, 11) is 0. The molecule has 3 N–H and O–H groups in total. The van der Waals surface area contributed by atoms with Crippen LogP contribution in [-0.2, 0) is 41.4 Å². The third-order valence-corrected chi connectivity index (χ3v) is 10.5. The van der Waals surface area contributed by atoms with Gasteiger partial charge in [-0.25, -0.2) is 4.98 Å². The molecule has 0 unspecified atom stereocenters. The van der Waals surface area contributed by atoms with Crippen molar-refractivity contribution in [3.8, 4) is 0 Å². The second-order valence-corrected chi connectivity index (χ2v) is 14.4. The summed E-state index contributed by atoms with van der Waals surface area (Å²) in [6.45, 7) is 12.9. The molecule has 3 heterocycles. The van der Waals surface area contributed by atoms with Gasteiger partial charge in [-0.1, -0.05) is 63.2 Å². The van der Waals surface area contributed by atoms with Crippen LogP contribution in [0.2, 0.25) is 0 Å². The Bertz CT molecular complexity index is 1630. The number of aliphatic hydroxyl groups excluding tert-OH is 1. The van der Waals surface area contributed by atoms with Gasteiger partial charge in [0.15, 0.2) is 0 Å². The highest BCUT2D eigenvalue weighted by Crippen LogP contribution is 2.45. The zero-order valence-corrected chi connectivity index (χ0v) is 29.8. The van der Waals surface area contributed by atoms with E-state index in [0.717, 1.165) is 34.0 Å². The Morgan fingerprint density at radius 1 is 1.10 bits per heavy atom. The van der Waals surface area contributed by atoms with Crippen molar-refractivity contribution in [2.24, 2.45) is 17.8 Å². The van der Waals surface area contributed by atoms with E-state index < -0.39 is 65.3 Å². The van der Waals surface area contributed by atoms with Crippen LogP contribution in [0.25, 0.3) is 10.8 Å². The molecule has 0 spiro atoms. The van der Waals surface area contributed by atoms with Crippen LogP contribution in [0.15, 0.2) is 66.3 Å². The minimum atomic E-state index is -1.80. The number of hydrogen-bond donors (Lipinski definition) is 3. The molecule has 3 aromatic rings. The number of carbonyl (C=O) groups is 2. The Labute approximate surface area is 289 Å². The molecule has 1 fully saturated rings. The molecular formula is C39H52N2O8. The fourth-order valence-corrected chi connectivity index (χ4v) is 7.86. The van der Waals surface area contributed by atoms with Gasteiger partial charge in [-0.3, -0.25) is 9.59 Å². The largest absolute Gasteiger partial charge is 0.488 e. The van der Waals surface area contributed by atoms with Crippen LogP contribution in [0, 0.1) is 17.8 Å². The molecule has 0 amide bonds. The first-order valence-corrected chi connectivity index (χ1v) is 17.5. The van der Waals surface area contributed by atoms with Crippen LogP contribution >= 0.6 is 0 Å². The number of rotatable bonds is 9. The standard InChI is InChI=1S/C39H52N2O8/c1-8-31-39(7,45)36(48-32(42)19-28-15-11-14-27-13-9-10-17-30(27)28)25(4)33-23(2)20-38(6,49-33)35(43)24(3)34(26(5)37(44)47-31)46-18-12-16-29-21-40-22-41-29/h9-11,13-15,17,21-22,24-26,31,34-36,43,45H,8,12,16,18-20H2,1-7H3,(H,40,41)/t24-,25-,26+,31+,34-,35+,36+,38+,39+/m0/s1. The second-order valence-electron chi connectivity index (χ2n) is 14.4. The molecule has 2 aromatic carbocycles. The molecule has 0 aliphatic carbocycles. The summed E-state index contributed by atoms with van der Waals surface area (Å²) >= 11 is 0. The number of hydrogen-bond acceptors (Lipinski definition) is 9. The Morgan fingerprint density at radius 3 is 2.55 bits per heavy atom. The van der Waals surface area contributed by atoms with Crippen LogP contribution in [0.5, 0.6) is 0 Å². The van der Waals surface area contributed by atoms with Gasteiger partial charge < -0.3 is 34.1 Å². The molecule has 2 aliphatic rings. The zero-order valence-electron chi connectivity index (χ0n) is 29.8. The highest BCUT2D eigenvalue weighted by Gasteiger charge is 2.54. The van der Waals surface area contributed by atoms with Gasteiger partial charge in [0.05, 0.1) is 36.8 Å². The van der Waals surface area contributed by atoms with Crippen LogP contribution in [0.1, 0.15) is 79.0 Å². The predicted octanol–water partition coefficient (Wildman–Crippen LogP) is 5.84. The molecule has 9 atom stereocenters. The van der Waals surface area contributed by atoms with Gasteiger partial charge in [-0.2, -0.15) is 0 Å². The maximum Gasteiger partial charge on any atom is 0.311 e. The first-order chi connectivity index (χ1) is 23.3. The number of H-pyrrole nitrogens is 1. The fraction of sp³-hybridized carbons (Fsp3) is 0.564. The number of imidazole rings is 1. The number of aromatic amines is 1. The maximum absolute atomic E-state index is 13.9. The number of aliphatic hydroxyl groups is 2. The Balaban J connectivity index is 1.45. The first-order valence-electron chi connectivity index (χ1n) is 17.5. The normalized spacial score (nSPS) is 32.5. The maximum atomic E-state index is 13.9. The number of esters is 2. The van der Waals surface area contributed by atoms with Crippen LogP contribution < -0.4 is 0 Å². The van der Waals surface area contributed by atoms with E-state index in [2.05, 4.69) is 9.97 Å². The lowest BCUT2D eigenvalue weighted by Crippen LogP contribution is -2.56. The number of nitrogens with zero attached hydrogens (tertiary/aromatic N) is 1. The molecule has 1 saturated heterocycles. The van der Waals surface area contributed by atoms with Crippen LogP contribution in [-0.4, -0.2) is 74.3 Å². The Morgan fingerprint density at radius 2 is 1.84 bits per heavy atom. The predicted molar refractivity (Wildman–Crippen MR) is 185 cm³/mol. The molecule has 5 rings (SSSR count). The molecule has 10 heteroatoms. The van der Waals surface area contributed by atoms with Gasteiger partial charge in [0.1, 0.15) is 29.2 Å². The number of cyclic esters (lactones) is 1. The van der Waals surface area contributed by atoms with E-state index in [1.54, 1.807) is 26.4 Å². The second kappa shape index (κ2) is 15.0. The fourth-order valence-electron chi connectivity index (χ4n) is 7.86. The highest BCUT2D eigenvalue weighted by molar-refractivity contribution is 5.89. The number of fused-ring (bicyclic) bond motifs is 3. The van der Waals surface area contributed by atoms with Crippen molar-refractivity contribution in [3.63, 3.8) is 0 Å². The van der Waals surface area contributed by atoms with E-state index in [9.17, 15) is 19.8 Å². The number of aryl methyl sites for hydroxylation is 1. The molecule has 1 aromatic heterocycles. The van der Waals surface area contributed by atoms with E-state index in [1.165, 1.54) is 0 Å². The summed E-state index contributed by atoms with van der Waals surface area (Å²) in [5.74, 6) is -2.48. The van der Waals surface area contributed by atoms with Gasteiger partial charge in [0, 0.05) is 30.8 Å². The summed E-state index contributed by atoms with van der Waals surface area (Å²) < 4.78 is 25.3. The highest BCUT2D eigenvalue weighted by atomic mass is 16.6. The number of nitrogens with one attached hydrogen (secondary N) is 1. The van der Waals surface area contributed by atoms with Crippen molar-refractivity contribution < 1.29 is 38.7 Å². The quantitative estimate of drug-likeness (QED) is 0.188. The number of benzene rings is 2. The lowest BCUT2D eigenvalue weighted by atomic mass is 9.79. The van der Waals surface area contributed by atoms with E-state index in [-0.39, 0.29) is 12.8 Å². The minimum Gasteiger partial charge on any atom is -0.488 e. The summed E-state index contributed by atoms with van der Waals surface area (Å²) in [5.41, 5.74) is -0.170. The minimum absolute atomic E-state index is 0.0134. The topological polar surface area (TPSA) is 140 Å². The van der Waals surface area contributed by atoms with Gasteiger partial charge in [0.25, 0.3) is 0 Å². The lowest BCUT2D eigenvalue weighted by molar-refractivity contribution is -0.202. The molecule has 0 radical (unpaired) electrons. The van der Waals surface area contributed by atoms with Gasteiger partial charge in [-0.05, 0) is 68.9 Å². The molecule has 10 nitrogen and oxygen atoms in total. The summed E-state index contributed by atoms with van der Waals surface area (Å²) in [5, 5.41) is 26.1. The molecule has 0 saturated carbocycles. The molecule has 266 valence electrons. The van der Waals surface area contributed by atoms with Gasteiger partial charge in [-0.15, -0.1) is 0 Å². The number of aromatic nitrogens is 2. The average Bonchev–Trinajstić information content (AvgIpc) is 3.71. The molecule has 2 aliphatic heterocycles. The number of ether oxygens (including phenoxy) is 4. The van der Waals surface area contributed by atoms with Gasteiger partial charge in [0.2, 0.25) is 0 Å². The van der Waals surface area contributed by atoms with Crippen molar-refractivity contribution in [1.82, 2.24) is 9.97 Å². The lowest BCUT2D eigenvalue weighted by Gasteiger charge is -2.41. The van der Waals surface area contributed by atoms with Crippen molar-refractivity contribution >= 4 is 22.7 Å². The third-order valence-electron chi connectivity index (χ3n) is 10.5. The molecule has 2 bridgehead atoms. The van der Waals surface area contributed by atoms with Gasteiger partial charge >= 0.3 is 11.9 Å². The summed E-state index contributed by atoms with van der Waals surface area (Å²) in [6, 6.07) is 13.6. The van der Waals surface area contributed by atoms with E-state index in [4.69, 9.17) is 18.9 Å². The van der Waals surface area contributed by atoms with Crippen molar-refractivity contribution in [2.75, 3.05) is 6.61 Å². The SMILES string of the molecule is CC[C@H]1OC(=O)[C@H](C)[C@@H](OCCCc2cnc[nH]2)[C@H](C)[C@@H](O)[C@@]2(C)CC(C)=C(O2)[C@H](C)[C@@H](OC(=O)Cc2cccc3ccccc23)[C@]1(C)O. The zero-order chi connectivity index (χ0) is 35.5. The first kappa shape index (κ1) is 36.5. The van der Waals surface area contributed by atoms with E-state index in [0.29, 0.717) is 25.2 Å². The summed E-state index contributed by atoms with van der Waals surface area (Å²) in [4.78, 5) is 34.7. The van der Waals surface area contributed by atoms with Crippen molar-refractivity contribution in [3.05, 3.63) is 77.6 Å². The summed E-state index contributed by atoms with van der Waals surface area (Å²) in [6.07, 6.45) is 1.58. The molecule has 49 heavy (non-hydrogen) atoms. The van der Waals surface area contributed by atoms with E-state index in [1.807, 2.05) is 77.1 Å². The van der Waals surface area contributed by atoms with Crippen LogP contribution in [0.4, 0.5) is 0 Å². The molecular weight excluding hydrogens is 624 g/mol.